The van der Waals surface area contributed by atoms with Gasteiger partial charge in [0.05, 0.1) is 13.2 Å². The molecule has 3 rings (SSSR count). The number of morpholine rings is 1. The van der Waals surface area contributed by atoms with Crippen LogP contribution in [0.15, 0.2) is 16.8 Å². The lowest BCUT2D eigenvalue weighted by molar-refractivity contribution is -0.139. The number of nitrogens with zero attached hydrogens (tertiary/aromatic N) is 3. The van der Waals surface area contributed by atoms with E-state index >= 15 is 0 Å². The van der Waals surface area contributed by atoms with Crippen molar-refractivity contribution in [1.29, 1.82) is 0 Å². The Hall–Kier alpha value is -1.73. The molecule has 0 bridgehead atoms. The molecule has 1 unspecified atom stereocenters. The summed E-state index contributed by atoms with van der Waals surface area (Å²) in [5, 5.41) is 11.1. The van der Waals surface area contributed by atoms with Gasteiger partial charge in [0.15, 0.2) is 5.82 Å². The number of thiophene rings is 1. The summed E-state index contributed by atoms with van der Waals surface area (Å²) in [6.45, 7) is 3.55. The Morgan fingerprint density at radius 1 is 1.62 bits per heavy atom. The number of H-pyrrole nitrogens is 1. The van der Waals surface area contributed by atoms with Gasteiger partial charge in [0.2, 0.25) is 5.91 Å². The van der Waals surface area contributed by atoms with Crippen LogP contribution in [0.2, 0.25) is 0 Å². The molecule has 0 saturated carbocycles. The number of carbonyl (C=O) groups is 1. The maximum Gasteiger partial charge on any atom is 0.223 e. The van der Waals surface area contributed by atoms with Gasteiger partial charge in [0, 0.05) is 13.0 Å². The second-order valence-corrected chi connectivity index (χ2v) is 5.89. The second-order valence-electron chi connectivity index (χ2n) is 5.11. The van der Waals surface area contributed by atoms with Gasteiger partial charge in [-0.3, -0.25) is 9.89 Å². The Morgan fingerprint density at radius 2 is 2.52 bits per heavy atom. The Kier molecular flexibility index (Phi) is 4.31. The fourth-order valence-electron chi connectivity index (χ4n) is 2.38. The van der Waals surface area contributed by atoms with E-state index in [0.717, 1.165) is 12.2 Å². The predicted octanol–water partition coefficient (Wildman–Crippen LogP) is 1.71. The second kappa shape index (κ2) is 6.36. The van der Waals surface area contributed by atoms with E-state index in [0.29, 0.717) is 31.9 Å². The highest BCUT2D eigenvalue weighted by Crippen LogP contribution is 2.20. The Morgan fingerprint density at radius 3 is 3.24 bits per heavy atom. The van der Waals surface area contributed by atoms with Crippen molar-refractivity contribution in [2.24, 2.45) is 0 Å². The van der Waals surface area contributed by atoms with E-state index in [2.05, 4.69) is 26.6 Å². The third-order valence-electron chi connectivity index (χ3n) is 3.53. The van der Waals surface area contributed by atoms with Crippen LogP contribution < -0.4 is 0 Å². The van der Waals surface area contributed by atoms with Crippen molar-refractivity contribution < 1.29 is 9.53 Å². The molecule has 1 saturated heterocycles. The third kappa shape index (κ3) is 3.48. The molecular weight excluding hydrogens is 288 g/mol. The van der Waals surface area contributed by atoms with Crippen LogP contribution >= 0.6 is 11.3 Å². The topological polar surface area (TPSA) is 71.1 Å². The number of aromatic nitrogens is 3. The van der Waals surface area contributed by atoms with E-state index in [4.69, 9.17) is 4.74 Å². The molecule has 1 atom stereocenters. The summed E-state index contributed by atoms with van der Waals surface area (Å²) in [5.41, 5.74) is 1.22. The number of hydrogen-bond donors (Lipinski definition) is 1. The van der Waals surface area contributed by atoms with E-state index in [1.807, 2.05) is 17.2 Å². The molecule has 3 heterocycles. The molecule has 6 nitrogen and oxygen atoms in total. The number of carbonyl (C=O) groups excluding carboxylic acids is 1. The number of aromatic amines is 1. The van der Waals surface area contributed by atoms with Crippen LogP contribution in [0.5, 0.6) is 0 Å². The Labute approximate surface area is 127 Å². The van der Waals surface area contributed by atoms with Crippen LogP contribution in [0.1, 0.15) is 29.7 Å². The first-order valence-electron chi connectivity index (χ1n) is 7.02. The fourth-order valence-corrected chi connectivity index (χ4v) is 3.08. The number of aryl methyl sites for hydroxylation is 2. The monoisotopic (exact) mass is 306 g/mol. The highest BCUT2D eigenvalue weighted by molar-refractivity contribution is 7.07. The largest absolute Gasteiger partial charge is 0.366 e. The Bertz CT molecular complexity index is 596. The molecule has 0 radical (unpaired) electrons. The summed E-state index contributed by atoms with van der Waals surface area (Å²) in [5.74, 6) is 1.55. The molecule has 1 fully saturated rings. The molecule has 21 heavy (non-hydrogen) atoms. The van der Waals surface area contributed by atoms with Gasteiger partial charge in [0.1, 0.15) is 11.9 Å². The summed E-state index contributed by atoms with van der Waals surface area (Å²) >= 11 is 1.66. The van der Waals surface area contributed by atoms with E-state index < -0.39 is 0 Å². The molecule has 1 aliphatic rings. The minimum atomic E-state index is -0.228. The van der Waals surface area contributed by atoms with Gasteiger partial charge in [-0.25, -0.2) is 4.98 Å². The average molecular weight is 306 g/mol. The average Bonchev–Trinajstić information content (AvgIpc) is 3.16. The standard InChI is InChI=1S/C14H18N4O2S/c1-10-15-14(17-16-10)12-8-18(5-6-20-12)13(19)3-2-11-4-7-21-9-11/h4,7,9,12H,2-3,5-6,8H2,1H3,(H,15,16,17). The lowest BCUT2D eigenvalue weighted by Crippen LogP contribution is -2.42. The number of rotatable bonds is 4. The number of hydrogen-bond acceptors (Lipinski definition) is 5. The maximum atomic E-state index is 12.3. The number of amides is 1. The van der Waals surface area contributed by atoms with Gasteiger partial charge in [-0.1, -0.05) is 0 Å². The zero-order valence-electron chi connectivity index (χ0n) is 11.9. The van der Waals surface area contributed by atoms with Crippen LogP contribution in [0.3, 0.4) is 0 Å². The molecule has 0 aliphatic carbocycles. The molecule has 1 amide bonds. The lowest BCUT2D eigenvalue weighted by Gasteiger charge is -2.31. The zero-order valence-corrected chi connectivity index (χ0v) is 12.7. The normalized spacial score (nSPS) is 18.9. The van der Waals surface area contributed by atoms with Gasteiger partial charge in [-0.05, 0) is 35.7 Å². The fraction of sp³-hybridized carbons (Fsp3) is 0.500. The highest BCUT2D eigenvalue weighted by atomic mass is 32.1. The molecule has 7 heteroatoms. The van der Waals surface area contributed by atoms with E-state index in [1.165, 1.54) is 5.56 Å². The van der Waals surface area contributed by atoms with Crippen molar-refractivity contribution in [2.75, 3.05) is 19.7 Å². The summed E-state index contributed by atoms with van der Waals surface area (Å²) in [6, 6.07) is 2.07. The van der Waals surface area contributed by atoms with Crippen LogP contribution in [-0.2, 0) is 16.0 Å². The highest BCUT2D eigenvalue weighted by Gasteiger charge is 2.27. The molecule has 2 aromatic heterocycles. The lowest BCUT2D eigenvalue weighted by atomic mass is 10.1. The van der Waals surface area contributed by atoms with Crippen molar-refractivity contribution in [1.82, 2.24) is 20.1 Å². The molecule has 2 aromatic rings. The van der Waals surface area contributed by atoms with Crippen molar-refractivity contribution in [2.45, 2.75) is 25.9 Å². The predicted molar refractivity (Wildman–Crippen MR) is 79.0 cm³/mol. The summed E-state index contributed by atoms with van der Waals surface area (Å²) in [4.78, 5) is 18.4. The number of nitrogens with one attached hydrogen (secondary N) is 1. The van der Waals surface area contributed by atoms with Crippen molar-refractivity contribution in [3.05, 3.63) is 34.0 Å². The minimum Gasteiger partial charge on any atom is -0.366 e. The molecule has 0 aromatic carbocycles. The van der Waals surface area contributed by atoms with E-state index in [-0.39, 0.29) is 12.0 Å². The van der Waals surface area contributed by atoms with Crippen LogP contribution in [0, 0.1) is 6.92 Å². The third-order valence-corrected chi connectivity index (χ3v) is 4.26. The van der Waals surface area contributed by atoms with Crippen molar-refractivity contribution >= 4 is 17.2 Å². The maximum absolute atomic E-state index is 12.3. The summed E-state index contributed by atoms with van der Waals surface area (Å²) in [6.07, 6.45) is 1.11. The number of ether oxygens (including phenoxy) is 1. The molecule has 0 spiro atoms. The quantitative estimate of drug-likeness (QED) is 0.933. The van der Waals surface area contributed by atoms with Crippen molar-refractivity contribution in [3.8, 4) is 0 Å². The van der Waals surface area contributed by atoms with Gasteiger partial charge in [-0.2, -0.15) is 16.4 Å². The van der Waals surface area contributed by atoms with Crippen LogP contribution in [0.4, 0.5) is 0 Å². The summed E-state index contributed by atoms with van der Waals surface area (Å²) in [7, 11) is 0. The van der Waals surface area contributed by atoms with Gasteiger partial charge in [0.25, 0.3) is 0 Å². The van der Waals surface area contributed by atoms with E-state index in [9.17, 15) is 4.79 Å². The van der Waals surface area contributed by atoms with Crippen LogP contribution in [-0.4, -0.2) is 45.7 Å². The van der Waals surface area contributed by atoms with Gasteiger partial charge < -0.3 is 9.64 Å². The first-order valence-corrected chi connectivity index (χ1v) is 7.96. The smallest absolute Gasteiger partial charge is 0.223 e. The summed E-state index contributed by atoms with van der Waals surface area (Å²) < 4.78 is 5.67. The van der Waals surface area contributed by atoms with Gasteiger partial charge >= 0.3 is 0 Å². The molecule has 1 N–H and O–H groups in total. The first kappa shape index (κ1) is 14.2. The van der Waals surface area contributed by atoms with Crippen molar-refractivity contribution in [3.63, 3.8) is 0 Å². The minimum absolute atomic E-state index is 0.168. The molecule has 1 aliphatic heterocycles. The SMILES string of the molecule is Cc1nc(C2CN(C(=O)CCc3ccsc3)CCO2)n[nH]1. The first-order chi connectivity index (χ1) is 10.2. The molecule has 112 valence electrons. The van der Waals surface area contributed by atoms with Gasteiger partial charge in [-0.15, -0.1) is 0 Å². The van der Waals surface area contributed by atoms with Crippen LogP contribution in [0.25, 0.3) is 0 Å². The Balaban J connectivity index is 1.56. The van der Waals surface area contributed by atoms with E-state index in [1.54, 1.807) is 11.3 Å². The molecular formula is C14H18N4O2S. The zero-order chi connectivity index (χ0) is 14.7.